The van der Waals surface area contributed by atoms with Crippen LogP contribution in [0, 0.1) is 6.92 Å². The standard InChI is InChI=1S/C13H11BrO5S/c1-8-9(5-12(19-8)13(15)16)7-20(17,18)11-4-2-3-10(14)6-11/h2-6H,7H2,1H3,(H,15,16). The number of benzene rings is 1. The van der Waals surface area contributed by atoms with Gasteiger partial charge in [0.1, 0.15) is 5.76 Å². The first kappa shape index (κ1) is 14.8. The molecule has 1 heterocycles. The van der Waals surface area contributed by atoms with Crippen molar-refractivity contribution < 1.29 is 22.7 Å². The van der Waals surface area contributed by atoms with Crippen LogP contribution >= 0.6 is 15.9 Å². The molecule has 0 spiro atoms. The maximum absolute atomic E-state index is 12.3. The zero-order valence-corrected chi connectivity index (χ0v) is 12.9. The molecule has 5 nitrogen and oxygen atoms in total. The molecule has 1 aromatic heterocycles. The van der Waals surface area contributed by atoms with Crippen LogP contribution in [0.15, 0.2) is 44.1 Å². The molecule has 0 unspecified atom stereocenters. The molecule has 1 N–H and O–H groups in total. The van der Waals surface area contributed by atoms with Crippen molar-refractivity contribution >= 4 is 31.7 Å². The fourth-order valence-corrected chi connectivity index (χ4v) is 3.72. The van der Waals surface area contributed by atoms with Crippen molar-refractivity contribution in [3.05, 3.63) is 51.9 Å². The van der Waals surface area contributed by atoms with Crippen molar-refractivity contribution in [3.63, 3.8) is 0 Å². The molecule has 0 amide bonds. The Morgan fingerprint density at radius 1 is 1.35 bits per heavy atom. The van der Waals surface area contributed by atoms with E-state index < -0.39 is 15.8 Å². The molecule has 0 saturated carbocycles. The zero-order chi connectivity index (χ0) is 14.9. The van der Waals surface area contributed by atoms with E-state index >= 15 is 0 Å². The van der Waals surface area contributed by atoms with E-state index in [1.54, 1.807) is 12.1 Å². The molecule has 0 aliphatic rings. The van der Waals surface area contributed by atoms with E-state index in [-0.39, 0.29) is 16.4 Å². The summed E-state index contributed by atoms with van der Waals surface area (Å²) >= 11 is 3.22. The molecule has 20 heavy (non-hydrogen) atoms. The number of aryl methyl sites for hydroxylation is 1. The molecule has 0 radical (unpaired) electrons. The summed E-state index contributed by atoms with van der Waals surface area (Å²) in [5, 5.41) is 8.82. The molecular weight excluding hydrogens is 348 g/mol. The van der Waals surface area contributed by atoms with E-state index in [1.807, 2.05) is 0 Å². The Morgan fingerprint density at radius 2 is 2.05 bits per heavy atom. The van der Waals surface area contributed by atoms with Gasteiger partial charge in [-0.05, 0) is 31.2 Å². The number of carboxylic acid groups (broad SMARTS) is 1. The Hall–Kier alpha value is -1.60. The number of hydrogen-bond acceptors (Lipinski definition) is 4. The second kappa shape index (κ2) is 5.41. The van der Waals surface area contributed by atoms with Gasteiger partial charge in [0.15, 0.2) is 9.84 Å². The number of hydrogen-bond donors (Lipinski definition) is 1. The van der Waals surface area contributed by atoms with Crippen molar-refractivity contribution in [1.82, 2.24) is 0 Å². The van der Waals surface area contributed by atoms with Crippen molar-refractivity contribution in [2.75, 3.05) is 0 Å². The Balaban J connectivity index is 2.36. The quantitative estimate of drug-likeness (QED) is 0.907. The highest BCUT2D eigenvalue weighted by Gasteiger charge is 2.21. The Kier molecular flexibility index (Phi) is 4.01. The van der Waals surface area contributed by atoms with Crippen molar-refractivity contribution in [2.45, 2.75) is 17.6 Å². The number of aromatic carboxylic acids is 1. The van der Waals surface area contributed by atoms with Crippen LogP contribution in [-0.4, -0.2) is 19.5 Å². The van der Waals surface area contributed by atoms with E-state index in [4.69, 9.17) is 9.52 Å². The molecule has 0 fully saturated rings. The summed E-state index contributed by atoms with van der Waals surface area (Å²) in [4.78, 5) is 11.0. The number of carboxylic acids is 1. The predicted octanol–water partition coefficient (Wildman–Crippen LogP) is 3.02. The van der Waals surface area contributed by atoms with Crippen LogP contribution in [0.5, 0.6) is 0 Å². The first-order valence-corrected chi connectivity index (χ1v) is 8.05. The minimum absolute atomic E-state index is 0.171. The summed E-state index contributed by atoms with van der Waals surface area (Å²) in [6, 6.07) is 7.59. The highest BCUT2D eigenvalue weighted by atomic mass is 79.9. The van der Waals surface area contributed by atoms with Crippen LogP contribution in [-0.2, 0) is 15.6 Å². The number of carbonyl (C=O) groups is 1. The zero-order valence-electron chi connectivity index (χ0n) is 10.5. The average molecular weight is 359 g/mol. The fourth-order valence-electron chi connectivity index (χ4n) is 1.72. The molecule has 0 aliphatic heterocycles. The van der Waals surface area contributed by atoms with Crippen molar-refractivity contribution in [2.24, 2.45) is 0 Å². The minimum Gasteiger partial charge on any atom is -0.475 e. The van der Waals surface area contributed by atoms with E-state index in [2.05, 4.69) is 15.9 Å². The van der Waals surface area contributed by atoms with Gasteiger partial charge in [-0.3, -0.25) is 0 Å². The molecule has 2 rings (SSSR count). The summed E-state index contributed by atoms with van der Waals surface area (Å²) in [5.41, 5.74) is 0.349. The van der Waals surface area contributed by atoms with E-state index in [0.29, 0.717) is 15.8 Å². The van der Waals surface area contributed by atoms with Crippen LogP contribution in [0.3, 0.4) is 0 Å². The molecule has 1 aromatic carbocycles. The third kappa shape index (κ3) is 3.10. The number of halogens is 1. The third-order valence-electron chi connectivity index (χ3n) is 2.73. The lowest BCUT2D eigenvalue weighted by Gasteiger charge is -2.04. The fraction of sp³-hybridized carbons (Fsp3) is 0.154. The molecule has 0 aliphatic carbocycles. The maximum Gasteiger partial charge on any atom is 0.371 e. The van der Waals surface area contributed by atoms with Gasteiger partial charge in [0.2, 0.25) is 5.76 Å². The number of furan rings is 1. The van der Waals surface area contributed by atoms with Gasteiger partial charge in [-0.1, -0.05) is 22.0 Å². The van der Waals surface area contributed by atoms with Crippen LogP contribution in [0.4, 0.5) is 0 Å². The second-order valence-electron chi connectivity index (χ2n) is 4.21. The van der Waals surface area contributed by atoms with E-state index in [1.165, 1.54) is 25.1 Å². The Labute approximate surface area is 124 Å². The third-order valence-corrected chi connectivity index (χ3v) is 4.89. The van der Waals surface area contributed by atoms with Gasteiger partial charge in [0.05, 0.1) is 10.6 Å². The Morgan fingerprint density at radius 3 is 2.60 bits per heavy atom. The summed E-state index contributed by atoms with van der Waals surface area (Å²) in [7, 11) is -3.55. The van der Waals surface area contributed by atoms with Gasteiger partial charge in [-0.15, -0.1) is 0 Å². The first-order chi connectivity index (χ1) is 9.29. The van der Waals surface area contributed by atoms with Gasteiger partial charge in [-0.2, -0.15) is 0 Å². The smallest absolute Gasteiger partial charge is 0.371 e. The van der Waals surface area contributed by atoms with Crippen LogP contribution in [0.2, 0.25) is 0 Å². The largest absolute Gasteiger partial charge is 0.475 e. The van der Waals surface area contributed by atoms with Gasteiger partial charge < -0.3 is 9.52 Å². The second-order valence-corrected chi connectivity index (χ2v) is 7.12. The molecule has 2 aromatic rings. The van der Waals surface area contributed by atoms with Crippen LogP contribution in [0.1, 0.15) is 21.9 Å². The predicted molar refractivity (Wildman–Crippen MR) is 75.4 cm³/mol. The topological polar surface area (TPSA) is 84.6 Å². The van der Waals surface area contributed by atoms with E-state index in [9.17, 15) is 13.2 Å². The Bertz CT molecular complexity index is 761. The highest BCUT2D eigenvalue weighted by Crippen LogP contribution is 2.23. The monoisotopic (exact) mass is 358 g/mol. The number of rotatable bonds is 4. The summed E-state index contributed by atoms with van der Waals surface area (Å²) in [6.07, 6.45) is 0. The van der Waals surface area contributed by atoms with Gasteiger partial charge >= 0.3 is 5.97 Å². The van der Waals surface area contributed by atoms with Gasteiger partial charge in [-0.25, -0.2) is 13.2 Å². The molecule has 0 bridgehead atoms. The summed E-state index contributed by atoms with van der Waals surface area (Å²) in [5.74, 6) is -1.49. The van der Waals surface area contributed by atoms with Gasteiger partial charge in [0.25, 0.3) is 0 Å². The van der Waals surface area contributed by atoms with E-state index in [0.717, 1.165) is 0 Å². The maximum atomic E-state index is 12.3. The van der Waals surface area contributed by atoms with Crippen molar-refractivity contribution in [3.8, 4) is 0 Å². The lowest BCUT2D eigenvalue weighted by atomic mass is 10.3. The summed E-state index contributed by atoms with van der Waals surface area (Å²) < 4.78 is 30.2. The van der Waals surface area contributed by atoms with Crippen LogP contribution in [0.25, 0.3) is 0 Å². The average Bonchev–Trinajstić information content (AvgIpc) is 2.70. The van der Waals surface area contributed by atoms with Crippen molar-refractivity contribution in [1.29, 1.82) is 0 Å². The van der Waals surface area contributed by atoms with Gasteiger partial charge in [0, 0.05) is 10.0 Å². The number of sulfone groups is 1. The summed E-state index contributed by atoms with van der Waals surface area (Å²) in [6.45, 7) is 1.54. The molecule has 7 heteroatoms. The molecule has 0 atom stereocenters. The minimum atomic E-state index is -3.55. The highest BCUT2D eigenvalue weighted by molar-refractivity contribution is 9.10. The molecule has 0 saturated heterocycles. The molecular formula is C13H11BrO5S. The lowest BCUT2D eigenvalue weighted by Crippen LogP contribution is -2.05. The SMILES string of the molecule is Cc1oc(C(=O)O)cc1CS(=O)(=O)c1cccc(Br)c1. The lowest BCUT2D eigenvalue weighted by molar-refractivity contribution is 0.0661. The molecule has 106 valence electrons. The normalized spacial score (nSPS) is 11.5. The van der Waals surface area contributed by atoms with Crippen LogP contribution < -0.4 is 0 Å². The first-order valence-electron chi connectivity index (χ1n) is 5.60.